The maximum Gasteiger partial charge on any atom is 0.255 e. The molecule has 0 aliphatic carbocycles. The molecule has 0 saturated carbocycles. The number of nitrogens with one attached hydrogen (secondary N) is 2. The topological polar surface area (TPSA) is 114 Å². The number of carbonyl (C=O) groups is 2. The highest BCUT2D eigenvalue weighted by atomic mass is 79.9. The number of likely N-dealkylation sites (N-methyl/N-ethyl adjacent to an activating group) is 1. The second-order valence-corrected chi connectivity index (χ2v) is 8.51. The molecule has 0 aliphatic rings. The van der Waals surface area contributed by atoms with Gasteiger partial charge < -0.3 is 19.7 Å². The third-order valence-corrected chi connectivity index (χ3v) is 5.80. The number of rotatable bonds is 12. The van der Waals surface area contributed by atoms with E-state index in [0.717, 1.165) is 0 Å². The van der Waals surface area contributed by atoms with Gasteiger partial charge in [-0.15, -0.1) is 0 Å². The Morgan fingerprint density at radius 2 is 1.82 bits per heavy atom. The van der Waals surface area contributed by atoms with E-state index < -0.39 is 15.9 Å². The van der Waals surface area contributed by atoms with Crippen LogP contribution >= 0.6 is 15.9 Å². The predicted octanol–water partition coefficient (Wildman–Crippen LogP) is 0.599. The van der Waals surface area contributed by atoms with Crippen LogP contribution in [0.3, 0.4) is 0 Å². The van der Waals surface area contributed by atoms with Crippen molar-refractivity contribution in [2.45, 2.75) is 11.3 Å². The van der Waals surface area contributed by atoms with E-state index >= 15 is 0 Å². The lowest BCUT2D eigenvalue weighted by Crippen LogP contribution is -2.39. The van der Waals surface area contributed by atoms with Gasteiger partial charge in [0.2, 0.25) is 15.9 Å². The standard InChI is InChI=1S/C17H26BrN3O6S/c1-21(12-16(22)19-7-4-9-26-2)17(23)14-11-13(5-6-15(14)18)28(24,25)20-8-10-27-3/h5-6,11,20H,4,7-10,12H2,1-3H3,(H,19,22). The van der Waals surface area contributed by atoms with Crippen molar-refractivity contribution in [3.05, 3.63) is 28.2 Å². The Morgan fingerprint density at radius 3 is 2.46 bits per heavy atom. The predicted molar refractivity (Wildman–Crippen MR) is 108 cm³/mol. The number of nitrogens with zero attached hydrogens (tertiary/aromatic N) is 1. The third-order valence-electron chi connectivity index (χ3n) is 3.65. The lowest BCUT2D eigenvalue weighted by Gasteiger charge is -2.18. The number of hydrogen-bond acceptors (Lipinski definition) is 6. The molecule has 11 heteroatoms. The molecule has 1 rings (SSSR count). The van der Waals surface area contributed by atoms with Crippen LogP contribution in [0.15, 0.2) is 27.6 Å². The van der Waals surface area contributed by atoms with E-state index in [2.05, 4.69) is 26.0 Å². The van der Waals surface area contributed by atoms with E-state index in [-0.39, 0.29) is 36.1 Å². The molecule has 0 heterocycles. The Balaban J connectivity index is 2.82. The SMILES string of the molecule is COCCCNC(=O)CN(C)C(=O)c1cc(S(=O)(=O)NCCOC)ccc1Br. The van der Waals surface area contributed by atoms with Crippen LogP contribution in [0, 0.1) is 0 Å². The molecule has 0 atom stereocenters. The van der Waals surface area contributed by atoms with Gasteiger partial charge >= 0.3 is 0 Å². The molecule has 0 spiro atoms. The minimum atomic E-state index is -3.78. The van der Waals surface area contributed by atoms with E-state index in [4.69, 9.17) is 9.47 Å². The molecule has 9 nitrogen and oxygen atoms in total. The Hall–Kier alpha value is -1.53. The van der Waals surface area contributed by atoms with Crippen molar-refractivity contribution in [1.29, 1.82) is 0 Å². The summed E-state index contributed by atoms with van der Waals surface area (Å²) >= 11 is 3.26. The molecule has 1 aromatic carbocycles. The fourth-order valence-electron chi connectivity index (χ4n) is 2.19. The molecular formula is C17H26BrN3O6S. The largest absolute Gasteiger partial charge is 0.385 e. The summed E-state index contributed by atoms with van der Waals surface area (Å²) in [5, 5.41) is 2.69. The molecular weight excluding hydrogens is 454 g/mol. The number of sulfonamides is 1. The summed E-state index contributed by atoms with van der Waals surface area (Å²) in [6.07, 6.45) is 0.668. The fourth-order valence-corrected chi connectivity index (χ4v) is 3.65. The number of carbonyl (C=O) groups excluding carboxylic acids is 2. The van der Waals surface area contributed by atoms with Crippen molar-refractivity contribution in [2.24, 2.45) is 0 Å². The van der Waals surface area contributed by atoms with E-state index in [1.165, 1.54) is 37.3 Å². The summed E-state index contributed by atoms with van der Waals surface area (Å²) in [6.45, 7) is 1.16. The lowest BCUT2D eigenvalue weighted by molar-refractivity contribution is -0.121. The molecule has 2 amide bonds. The van der Waals surface area contributed by atoms with Crippen LogP contribution in [0.2, 0.25) is 0 Å². The lowest BCUT2D eigenvalue weighted by atomic mass is 10.2. The van der Waals surface area contributed by atoms with Crippen molar-refractivity contribution >= 4 is 37.8 Å². The first-order valence-corrected chi connectivity index (χ1v) is 10.8. The zero-order chi connectivity index (χ0) is 21.2. The average Bonchev–Trinajstić information content (AvgIpc) is 2.65. The van der Waals surface area contributed by atoms with Crippen LogP contribution in [0.1, 0.15) is 16.8 Å². The first kappa shape index (κ1) is 24.5. The minimum absolute atomic E-state index is 0.0485. The summed E-state index contributed by atoms with van der Waals surface area (Å²) < 4.78 is 37.2. The van der Waals surface area contributed by atoms with Crippen LogP contribution in [0.4, 0.5) is 0 Å². The molecule has 0 unspecified atom stereocenters. The molecule has 0 radical (unpaired) electrons. The van der Waals surface area contributed by atoms with Crippen LogP contribution < -0.4 is 10.0 Å². The Kier molecular flexibility index (Phi) is 10.6. The van der Waals surface area contributed by atoms with Gasteiger partial charge in [-0.2, -0.15) is 0 Å². The summed E-state index contributed by atoms with van der Waals surface area (Å²) in [7, 11) is 0.733. The van der Waals surface area contributed by atoms with Gasteiger partial charge in [0.25, 0.3) is 5.91 Å². The normalized spacial score (nSPS) is 11.3. The molecule has 0 saturated heterocycles. The quantitative estimate of drug-likeness (QED) is 0.424. The summed E-state index contributed by atoms with van der Waals surface area (Å²) in [6, 6.07) is 4.14. The Morgan fingerprint density at radius 1 is 1.14 bits per heavy atom. The molecule has 0 aromatic heterocycles. The maximum absolute atomic E-state index is 12.7. The average molecular weight is 480 g/mol. The molecule has 28 heavy (non-hydrogen) atoms. The molecule has 0 aliphatic heterocycles. The van der Waals surface area contributed by atoms with Gasteiger partial charge in [0.05, 0.1) is 23.6 Å². The van der Waals surface area contributed by atoms with E-state index in [9.17, 15) is 18.0 Å². The van der Waals surface area contributed by atoms with Crippen molar-refractivity contribution in [2.75, 3.05) is 54.1 Å². The number of hydrogen-bond donors (Lipinski definition) is 2. The summed E-state index contributed by atoms with van der Waals surface area (Å²) in [5.41, 5.74) is 0.143. The Bertz CT molecular complexity index is 772. The van der Waals surface area contributed by atoms with E-state index in [1.807, 2.05) is 0 Å². The van der Waals surface area contributed by atoms with Gasteiger partial charge in [-0.3, -0.25) is 9.59 Å². The second kappa shape index (κ2) is 12.1. The number of ether oxygens (including phenoxy) is 2. The first-order chi connectivity index (χ1) is 13.2. The second-order valence-electron chi connectivity index (χ2n) is 5.89. The first-order valence-electron chi connectivity index (χ1n) is 8.52. The maximum atomic E-state index is 12.7. The molecule has 2 N–H and O–H groups in total. The van der Waals surface area contributed by atoms with Gasteiger partial charge in [0, 0.05) is 45.4 Å². The monoisotopic (exact) mass is 479 g/mol. The minimum Gasteiger partial charge on any atom is -0.385 e. The van der Waals surface area contributed by atoms with Crippen molar-refractivity contribution in [1.82, 2.24) is 14.9 Å². The van der Waals surface area contributed by atoms with Gasteiger partial charge in [-0.05, 0) is 40.5 Å². The van der Waals surface area contributed by atoms with Crippen LogP contribution in [-0.4, -0.2) is 79.2 Å². The number of benzene rings is 1. The number of halogens is 1. The van der Waals surface area contributed by atoms with Gasteiger partial charge in [-0.25, -0.2) is 13.1 Å². The van der Waals surface area contributed by atoms with Crippen molar-refractivity contribution < 1.29 is 27.5 Å². The van der Waals surface area contributed by atoms with Gasteiger partial charge in [0.1, 0.15) is 0 Å². The van der Waals surface area contributed by atoms with Crippen molar-refractivity contribution in [3.63, 3.8) is 0 Å². The third kappa shape index (κ3) is 7.84. The summed E-state index contributed by atoms with van der Waals surface area (Å²) in [5.74, 6) is -0.791. The smallest absolute Gasteiger partial charge is 0.255 e. The Labute approximate surface area is 173 Å². The fraction of sp³-hybridized carbons (Fsp3) is 0.529. The molecule has 158 valence electrons. The zero-order valence-corrected chi connectivity index (χ0v) is 18.6. The molecule has 1 aromatic rings. The zero-order valence-electron chi connectivity index (χ0n) is 16.2. The molecule has 0 bridgehead atoms. The van der Waals surface area contributed by atoms with Crippen molar-refractivity contribution in [3.8, 4) is 0 Å². The highest BCUT2D eigenvalue weighted by molar-refractivity contribution is 9.10. The highest BCUT2D eigenvalue weighted by Gasteiger charge is 2.21. The molecule has 0 fully saturated rings. The van der Waals surface area contributed by atoms with Crippen LogP contribution in [-0.2, 0) is 24.3 Å². The van der Waals surface area contributed by atoms with E-state index in [1.54, 1.807) is 7.11 Å². The van der Waals surface area contributed by atoms with Crippen LogP contribution in [0.5, 0.6) is 0 Å². The van der Waals surface area contributed by atoms with Gasteiger partial charge in [0.15, 0.2) is 0 Å². The van der Waals surface area contributed by atoms with Crippen LogP contribution in [0.25, 0.3) is 0 Å². The van der Waals surface area contributed by atoms with Gasteiger partial charge in [-0.1, -0.05) is 0 Å². The number of amides is 2. The number of methoxy groups -OCH3 is 2. The summed E-state index contributed by atoms with van der Waals surface area (Å²) in [4.78, 5) is 25.8. The van der Waals surface area contributed by atoms with E-state index in [0.29, 0.717) is 24.0 Å². The highest BCUT2D eigenvalue weighted by Crippen LogP contribution is 2.22.